The third kappa shape index (κ3) is 5.36. The quantitative estimate of drug-likeness (QED) is 0.752. The first-order valence-corrected chi connectivity index (χ1v) is 5.81. The van der Waals surface area contributed by atoms with Gasteiger partial charge in [-0.1, -0.05) is 12.1 Å². The fourth-order valence-electron chi connectivity index (χ4n) is 1.01. The number of hydrogen-bond donors (Lipinski definition) is 1. The molecule has 0 radical (unpaired) electrons. The molecule has 0 aliphatic heterocycles. The van der Waals surface area contributed by atoms with Gasteiger partial charge in [0.2, 0.25) is 0 Å². The molecule has 15 heavy (non-hydrogen) atoms. The number of ether oxygens (including phenoxy) is 1. The molecule has 0 heterocycles. The second kappa shape index (κ2) is 5.11. The van der Waals surface area contributed by atoms with Crippen LogP contribution >= 0.6 is 0 Å². The number of nitrogens with two attached hydrogens (primary N) is 1. The Bertz CT molecular complexity index is 416. The minimum atomic E-state index is -3.87. The van der Waals surface area contributed by atoms with Crippen molar-refractivity contribution in [1.82, 2.24) is 0 Å². The van der Waals surface area contributed by atoms with Gasteiger partial charge in [0.15, 0.2) is 0 Å². The summed E-state index contributed by atoms with van der Waals surface area (Å²) in [6.07, 6.45) is 0. The summed E-state index contributed by atoms with van der Waals surface area (Å²) in [5.41, 5.74) is 1.07. The maximum atomic E-state index is 10.4. The Balaban J connectivity index is 2.32. The van der Waals surface area contributed by atoms with Crippen LogP contribution in [0.4, 0.5) is 0 Å². The Kier molecular flexibility index (Phi) is 4.07. The van der Waals surface area contributed by atoms with Crippen molar-refractivity contribution < 1.29 is 17.3 Å². The van der Waals surface area contributed by atoms with Gasteiger partial charge in [-0.15, -0.1) is 0 Å². The summed E-state index contributed by atoms with van der Waals surface area (Å²) in [6.45, 7) is 1.99. The molecule has 0 aliphatic rings. The largest absolute Gasteiger partial charge is 0.491 e. The number of benzene rings is 1. The SMILES string of the molecule is Cc1cccc(OCCOS(N)(=O)=O)c1. The van der Waals surface area contributed by atoms with Crippen LogP contribution in [-0.4, -0.2) is 21.6 Å². The molecular formula is C9H13NO4S. The van der Waals surface area contributed by atoms with Crippen molar-refractivity contribution in [3.63, 3.8) is 0 Å². The molecule has 0 bridgehead atoms. The molecular weight excluding hydrogens is 218 g/mol. The van der Waals surface area contributed by atoms with E-state index in [2.05, 4.69) is 9.32 Å². The zero-order chi connectivity index (χ0) is 11.3. The van der Waals surface area contributed by atoms with Gasteiger partial charge in [0.1, 0.15) is 19.0 Å². The van der Waals surface area contributed by atoms with Gasteiger partial charge in [0.25, 0.3) is 0 Å². The van der Waals surface area contributed by atoms with Crippen LogP contribution in [0.15, 0.2) is 24.3 Å². The molecule has 1 aromatic carbocycles. The first kappa shape index (κ1) is 12.0. The lowest BCUT2D eigenvalue weighted by molar-refractivity contribution is 0.221. The molecule has 2 N–H and O–H groups in total. The van der Waals surface area contributed by atoms with Crippen molar-refractivity contribution in [2.24, 2.45) is 5.14 Å². The van der Waals surface area contributed by atoms with E-state index >= 15 is 0 Å². The predicted molar refractivity (Wildman–Crippen MR) is 55.7 cm³/mol. The molecule has 0 aliphatic carbocycles. The van der Waals surface area contributed by atoms with Crippen molar-refractivity contribution in [2.75, 3.05) is 13.2 Å². The monoisotopic (exact) mass is 231 g/mol. The Morgan fingerprint density at radius 3 is 2.67 bits per heavy atom. The van der Waals surface area contributed by atoms with E-state index in [9.17, 15) is 8.42 Å². The summed E-state index contributed by atoms with van der Waals surface area (Å²) < 4.78 is 30.3. The summed E-state index contributed by atoms with van der Waals surface area (Å²) in [4.78, 5) is 0. The standard InChI is InChI=1S/C9H13NO4S/c1-8-3-2-4-9(7-8)13-5-6-14-15(10,11)12/h2-4,7H,5-6H2,1H3,(H2,10,11,12). The minimum Gasteiger partial charge on any atom is -0.491 e. The molecule has 0 unspecified atom stereocenters. The van der Waals surface area contributed by atoms with E-state index in [0.717, 1.165) is 5.56 Å². The molecule has 0 amide bonds. The van der Waals surface area contributed by atoms with E-state index in [1.54, 1.807) is 6.07 Å². The lowest BCUT2D eigenvalue weighted by Gasteiger charge is -2.06. The molecule has 6 heteroatoms. The topological polar surface area (TPSA) is 78.6 Å². The van der Waals surface area contributed by atoms with E-state index < -0.39 is 10.3 Å². The third-order valence-corrected chi connectivity index (χ3v) is 2.08. The second-order valence-corrected chi connectivity index (χ2v) is 4.20. The molecule has 1 rings (SSSR count). The smallest absolute Gasteiger partial charge is 0.333 e. The van der Waals surface area contributed by atoms with E-state index in [-0.39, 0.29) is 13.2 Å². The number of hydrogen-bond acceptors (Lipinski definition) is 4. The summed E-state index contributed by atoms with van der Waals surface area (Å²) in [5, 5.41) is 4.63. The van der Waals surface area contributed by atoms with Crippen molar-refractivity contribution in [2.45, 2.75) is 6.92 Å². The maximum absolute atomic E-state index is 10.4. The van der Waals surface area contributed by atoms with Crippen molar-refractivity contribution in [3.05, 3.63) is 29.8 Å². The second-order valence-electron chi connectivity index (χ2n) is 2.98. The van der Waals surface area contributed by atoms with Crippen LogP contribution in [0.2, 0.25) is 0 Å². The fourth-order valence-corrected chi connectivity index (χ4v) is 1.32. The van der Waals surface area contributed by atoms with Gasteiger partial charge in [0, 0.05) is 0 Å². The zero-order valence-electron chi connectivity index (χ0n) is 8.34. The molecule has 1 aromatic rings. The van der Waals surface area contributed by atoms with E-state index in [1.807, 2.05) is 25.1 Å². The van der Waals surface area contributed by atoms with Gasteiger partial charge in [-0.3, -0.25) is 4.18 Å². The van der Waals surface area contributed by atoms with E-state index in [0.29, 0.717) is 5.75 Å². The van der Waals surface area contributed by atoms with Crippen LogP contribution in [0.3, 0.4) is 0 Å². The lowest BCUT2D eigenvalue weighted by atomic mass is 10.2. The Labute approximate surface area is 89.1 Å². The van der Waals surface area contributed by atoms with E-state index in [4.69, 9.17) is 4.74 Å². The number of rotatable bonds is 5. The summed E-state index contributed by atoms with van der Waals surface area (Å²) in [5.74, 6) is 0.674. The normalized spacial score (nSPS) is 11.3. The van der Waals surface area contributed by atoms with Crippen LogP contribution in [0.1, 0.15) is 5.56 Å². The predicted octanol–water partition coefficient (Wildman–Crippen LogP) is 0.594. The first-order valence-electron chi connectivity index (χ1n) is 4.34. The average molecular weight is 231 g/mol. The van der Waals surface area contributed by atoms with Crippen LogP contribution in [0, 0.1) is 6.92 Å². The number of aryl methyl sites for hydroxylation is 1. The van der Waals surface area contributed by atoms with Gasteiger partial charge in [-0.05, 0) is 24.6 Å². The fraction of sp³-hybridized carbons (Fsp3) is 0.333. The van der Waals surface area contributed by atoms with Crippen molar-refractivity contribution in [3.8, 4) is 5.75 Å². The lowest BCUT2D eigenvalue weighted by Crippen LogP contribution is -2.19. The van der Waals surface area contributed by atoms with Crippen LogP contribution in [0.5, 0.6) is 5.75 Å². The molecule has 0 fully saturated rings. The summed E-state index contributed by atoms with van der Waals surface area (Å²) in [6, 6.07) is 7.42. The van der Waals surface area contributed by atoms with Gasteiger partial charge in [0.05, 0.1) is 0 Å². The Morgan fingerprint density at radius 2 is 2.07 bits per heavy atom. The zero-order valence-corrected chi connectivity index (χ0v) is 9.16. The average Bonchev–Trinajstić information content (AvgIpc) is 2.11. The molecule has 0 spiro atoms. The minimum absolute atomic E-state index is 0.0905. The van der Waals surface area contributed by atoms with E-state index in [1.165, 1.54) is 0 Å². The van der Waals surface area contributed by atoms with Gasteiger partial charge < -0.3 is 4.74 Å². The molecule has 0 atom stereocenters. The van der Waals surface area contributed by atoms with Crippen LogP contribution < -0.4 is 9.88 Å². The van der Waals surface area contributed by atoms with Gasteiger partial charge >= 0.3 is 10.3 Å². The Morgan fingerprint density at radius 1 is 1.33 bits per heavy atom. The molecule has 84 valence electrons. The summed E-state index contributed by atoms with van der Waals surface area (Å²) >= 11 is 0. The highest BCUT2D eigenvalue weighted by Gasteiger charge is 2.01. The third-order valence-electron chi connectivity index (χ3n) is 1.59. The van der Waals surface area contributed by atoms with Crippen molar-refractivity contribution in [1.29, 1.82) is 0 Å². The van der Waals surface area contributed by atoms with Crippen LogP contribution in [-0.2, 0) is 14.5 Å². The van der Waals surface area contributed by atoms with Crippen LogP contribution in [0.25, 0.3) is 0 Å². The highest BCUT2D eigenvalue weighted by Crippen LogP contribution is 2.11. The highest BCUT2D eigenvalue weighted by molar-refractivity contribution is 7.84. The molecule has 5 nitrogen and oxygen atoms in total. The molecule has 0 saturated carbocycles. The molecule has 0 saturated heterocycles. The van der Waals surface area contributed by atoms with Crippen molar-refractivity contribution >= 4 is 10.3 Å². The Hall–Kier alpha value is -1.11. The summed E-state index contributed by atoms with van der Waals surface area (Å²) in [7, 11) is -3.87. The van der Waals surface area contributed by atoms with Gasteiger partial charge in [-0.25, -0.2) is 5.14 Å². The molecule has 0 aromatic heterocycles. The highest BCUT2D eigenvalue weighted by atomic mass is 32.2. The maximum Gasteiger partial charge on any atom is 0.333 e. The van der Waals surface area contributed by atoms with Gasteiger partial charge in [-0.2, -0.15) is 8.42 Å². The first-order chi connectivity index (χ1) is 6.97.